The van der Waals surface area contributed by atoms with Gasteiger partial charge >= 0.3 is 0 Å². The number of oxazole rings is 1. The second-order valence-electron chi connectivity index (χ2n) is 5.19. The van der Waals surface area contributed by atoms with Crippen molar-refractivity contribution >= 4 is 30.0 Å². The number of carbonyl (C=O) groups is 1. The molecule has 0 saturated heterocycles. The number of thioether (sulfide) groups is 1. The Morgan fingerprint density at radius 1 is 1.00 bits per heavy atom. The number of hydrogen-bond donors (Lipinski definition) is 0. The predicted octanol–water partition coefficient (Wildman–Crippen LogP) is 5.50. The van der Waals surface area contributed by atoms with Crippen molar-refractivity contribution in [3.05, 3.63) is 60.7 Å². The molecule has 24 heavy (non-hydrogen) atoms. The lowest BCUT2D eigenvalue weighted by molar-refractivity contribution is -0.116. The van der Waals surface area contributed by atoms with E-state index in [2.05, 4.69) is 4.98 Å². The smallest absolute Gasteiger partial charge is 0.256 e. The fourth-order valence-electron chi connectivity index (χ4n) is 2.22. The Labute approximate surface area is 151 Å². The van der Waals surface area contributed by atoms with E-state index in [1.807, 2.05) is 60.7 Å². The van der Waals surface area contributed by atoms with Crippen molar-refractivity contribution < 1.29 is 9.21 Å². The molecule has 0 aliphatic carbocycles. The summed E-state index contributed by atoms with van der Waals surface area (Å²) in [5.74, 6) is 1.62. The summed E-state index contributed by atoms with van der Waals surface area (Å²) in [6.07, 6.45) is 0.522. The van der Waals surface area contributed by atoms with E-state index in [0.29, 0.717) is 17.4 Å². The van der Waals surface area contributed by atoms with E-state index in [1.165, 1.54) is 11.8 Å². The van der Waals surface area contributed by atoms with Crippen molar-refractivity contribution in [2.45, 2.75) is 18.6 Å². The quantitative estimate of drug-likeness (QED) is 0.545. The fraction of sp³-hybridized carbons (Fsp3) is 0.158. The molecule has 0 spiro atoms. The van der Waals surface area contributed by atoms with Crippen LogP contribution < -0.4 is 0 Å². The van der Waals surface area contributed by atoms with E-state index >= 15 is 0 Å². The molecule has 0 N–H and O–H groups in total. The Bertz CT molecular complexity index is 731. The molecule has 3 nitrogen and oxygen atoms in total. The molecule has 0 unspecified atom stereocenters. The number of carbonyl (C=O) groups excluding carboxylic acids is 1. The van der Waals surface area contributed by atoms with Gasteiger partial charge in [-0.1, -0.05) is 72.4 Å². The second kappa shape index (κ2) is 8.71. The number of halogens is 1. The molecule has 3 rings (SSSR count). The highest BCUT2D eigenvalue weighted by molar-refractivity contribution is 7.99. The minimum atomic E-state index is 0. The highest BCUT2D eigenvalue weighted by Gasteiger charge is 2.17. The summed E-state index contributed by atoms with van der Waals surface area (Å²) in [5.41, 5.74) is 2.85. The van der Waals surface area contributed by atoms with Crippen molar-refractivity contribution in [1.29, 1.82) is 0 Å². The van der Waals surface area contributed by atoms with Crippen LogP contribution in [-0.4, -0.2) is 16.5 Å². The zero-order valence-electron chi connectivity index (χ0n) is 13.3. The van der Waals surface area contributed by atoms with Gasteiger partial charge in [-0.3, -0.25) is 4.79 Å². The first kappa shape index (κ1) is 18.3. The minimum absolute atomic E-state index is 0. The van der Waals surface area contributed by atoms with Crippen LogP contribution in [0, 0.1) is 0 Å². The summed E-state index contributed by atoms with van der Waals surface area (Å²) in [5, 5.41) is 0.601. The first-order valence-corrected chi connectivity index (χ1v) is 8.46. The normalized spacial score (nSPS) is 10.2. The van der Waals surface area contributed by atoms with Crippen LogP contribution in [0.15, 0.2) is 70.3 Å². The number of nitrogens with zero attached hydrogens (tertiary/aromatic N) is 1. The van der Waals surface area contributed by atoms with Gasteiger partial charge in [-0.05, 0) is 6.92 Å². The van der Waals surface area contributed by atoms with Crippen molar-refractivity contribution in [2.24, 2.45) is 0 Å². The first-order chi connectivity index (χ1) is 11.2. The molecule has 0 aliphatic rings. The summed E-state index contributed by atoms with van der Waals surface area (Å²) in [7, 11) is 0. The van der Waals surface area contributed by atoms with Crippen molar-refractivity contribution in [3.63, 3.8) is 0 Å². The second-order valence-corrected chi connectivity index (χ2v) is 6.24. The van der Waals surface area contributed by atoms with Gasteiger partial charge in [0.1, 0.15) is 11.5 Å². The summed E-state index contributed by atoms with van der Waals surface area (Å²) in [4.78, 5) is 15.7. The summed E-state index contributed by atoms with van der Waals surface area (Å²) in [6.45, 7) is 1.60. The molecule has 3 aromatic rings. The Kier molecular flexibility index (Phi) is 6.64. The molecule has 5 heteroatoms. The Hall–Kier alpha value is -2.04. The van der Waals surface area contributed by atoms with Crippen molar-refractivity contribution in [1.82, 2.24) is 4.98 Å². The number of rotatable bonds is 6. The SMILES string of the molecule is CC(=O)CCSc1nc(-c2ccccc2)c(-c2ccccc2)o1.Cl. The highest BCUT2D eigenvalue weighted by atomic mass is 35.5. The molecule has 1 heterocycles. The van der Waals surface area contributed by atoms with Gasteiger partial charge in [-0.2, -0.15) is 0 Å². The minimum Gasteiger partial charge on any atom is -0.431 e. The van der Waals surface area contributed by atoms with Crippen LogP contribution in [0.3, 0.4) is 0 Å². The first-order valence-electron chi connectivity index (χ1n) is 7.48. The molecule has 2 aromatic carbocycles. The lowest BCUT2D eigenvalue weighted by Gasteiger charge is -2.00. The van der Waals surface area contributed by atoms with Crippen molar-refractivity contribution in [2.75, 3.05) is 5.75 Å². The third kappa shape index (κ3) is 4.49. The lowest BCUT2D eigenvalue weighted by atomic mass is 10.1. The molecule has 0 radical (unpaired) electrons. The zero-order valence-corrected chi connectivity index (χ0v) is 14.9. The van der Waals surface area contributed by atoms with Crippen LogP contribution in [0.2, 0.25) is 0 Å². The number of aromatic nitrogens is 1. The third-order valence-electron chi connectivity index (χ3n) is 3.37. The Balaban J connectivity index is 0.00000208. The zero-order chi connectivity index (χ0) is 16.1. The lowest BCUT2D eigenvalue weighted by Crippen LogP contribution is -1.91. The topological polar surface area (TPSA) is 43.1 Å². The van der Waals surface area contributed by atoms with Crippen molar-refractivity contribution in [3.8, 4) is 22.6 Å². The average Bonchev–Trinajstić information content (AvgIpc) is 3.00. The van der Waals surface area contributed by atoms with Crippen LogP contribution in [-0.2, 0) is 4.79 Å². The maximum atomic E-state index is 11.1. The number of Topliss-reactive ketones (excluding diaryl/α,β-unsaturated/α-hetero) is 1. The van der Waals surface area contributed by atoms with Gasteiger partial charge in [0, 0.05) is 23.3 Å². The Morgan fingerprint density at radius 2 is 1.58 bits per heavy atom. The molecule has 0 atom stereocenters. The Morgan fingerprint density at radius 3 is 2.17 bits per heavy atom. The standard InChI is InChI=1S/C19H17NO2S.ClH/c1-14(21)12-13-23-19-20-17(15-8-4-2-5-9-15)18(22-19)16-10-6-3-7-11-16;/h2-11H,12-13H2,1H3;1H. The van der Waals surface area contributed by atoms with Gasteiger partial charge in [0.2, 0.25) is 0 Å². The summed E-state index contributed by atoms with van der Waals surface area (Å²) < 4.78 is 5.98. The fourth-order valence-corrected chi connectivity index (χ4v) is 3.08. The summed E-state index contributed by atoms with van der Waals surface area (Å²) in [6, 6.07) is 20.0. The molecule has 0 amide bonds. The van der Waals surface area contributed by atoms with Gasteiger partial charge in [-0.15, -0.1) is 12.4 Å². The highest BCUT2D eigenvalue weighted by Crippen LogP contribution is 2.35. The van der Waals surface area contributed by atoms with Gasteiger partial charge in [0.15, 0.2) is 5.76 Å². The maximum absolute atomic E-state index is 11.1. The van der Waals surface area contributed by atoms with Crippen LogP contribution in [0.1, 0.15) is 13.3 Å². The molecule has 0 bridgehead atoms. The van der Waals surface area contributed by atoms with Gasteiger partial charge in [-0.25, -0.2) is 4.98 Å². The number of benzene rings is 2. The molecule has 0 saturated carbocycles. The van der Waals surface area contributed by atoms with E-state index in [0.717, 1.165) is 22.6 Å². The van der Waals surface area contributed by atoms with Gasteiger partial charge < -0.3 is 4.42 Å². The van der Waals surface area contributed by atoms with E-state index in [-0.39, 0.29) is 18.2 Å². The third-order valence-corrected chi connectivity index (χ3v) is 4.20. The molecule has 124 valence electrons. The van der Waals surface area contributed by atoms with Gasteiger partial charge in [0.05, 0.1) is 0 Å². The molecule has 0 aliphatic heterocycles. The van der Waals surface area contributed by atoms with Gasteiger partial charge in [0.25, 0.3) is 5.22 Å². The van der Waals surface area contributed by atoms with E-state index in [9.17, 15) is 4.79 Å². The van der Waals surface area contributed by atoms with Crippen LogP contribution >= 0.6 is 24.2 Å². The van der Waals surface area contributed by atoms with Crippen LogP contribution in [0.25, 0.3) is 22.6 Å². The molecule has 0 fully saturated rings. The van der Waals surface area contributed by atoms with E-state index < -0.39 is 0 Å². The molecular formula is C19H18ClNO2S. The monoisotopic (exact) mass is 359 g/mol. The molecule has 1 aromatic heterocycles. The maximum Gasteiger partial charge on any atom is 0.256 e. The van der Waals surface area contributed by atoms with E-state index in [4.69, 9.17) is 4.42 Å². The van der Waals surface area contributed by atoms with E-state index in [1.54, 1.807) is 6.92 Å². The average molecular weight is 360 g/mol. The largest absolute Gasteiger partial charge is 0.431 e. The summed E-state index contributed by atoms with van der Waals surface area (Å²) >= 11 is 1.47. The number of hydrogen-bond acceptors (Lipinski definition) is 4. The number of ketones is 1. The predicted molar refractivity (Wildman–Crippen MR) is 101 cm³/mol. The molecular weight excluding hydrogens is 342 g/mol. The van der Waals surface area contributed by atoms with Crippen LogP contribution in [0.5, 0.6) is 0 Å². The van der Waals surface area contributed by atoms with Crippen LogP contribution in [0.4, 0.5) is 0 Å².